The first kappa shape index (κ1) is 85.7. The topological polar surface area (TPSA) is 296 Å². The van der Waals surface area contributed by atoms with Crippen molar-refractivity contribution in [3.8, 4) is 6.07 Å². The first-order valence-corrected chi connectivity index (χ1v) is 48.3. The summed E-state index contributed by atoms with van der Waals surface area (Å²) in [5.41, 5.74) is -0.956. The summed E-state index contributed by atoms with van der Waals surface area (Å²) in [5.74, 6) is 19.8. The first-order valence-electron chi connectivity index (χ1n) is 48.3. The fraction of sp³-hybridized carbons (Fsp3) is 0.867. The van der Waals surface area contributed by atoms with Crippen molar-refractivity contribution < 1.29 is 39.6 Å². The molecule has 16 fully saturated rings. The van der Waals surface area contributed by atoms with Crippen molar-refractivity contribution in [1.29, 1.82) is 5.26 Å². The quantitative estimate of drug-likeness (QED) is 0.102. The van der Waals surface area contributed by atoms with Crippen LogP contribution in [0.15, 0.2) is 37.1 Å². The number of aromatic nitrogens is 12. The van der Waals surface area contributed by atoms with Gasteiger partial charge < -0.3 is 20.4 Å². The van der Waals surface area contributed by atoms with Crippen LogP contribution in [0.4, 0.5) is 0 Å². The summed E-state index contributed by atoms with van der Waals surface area (Å²) in [6, 6.07) is 3.73. The number of rotatable bonds is 12. The molecule has 16 saturated carbocycles. The molecule has 4 heterocycles. The SMILES string of the molecule is C[C@@H]1C[C@H](C(=O)Cn2ccc(C#N)n2)[C@@]2(C)CC[C@H]3[C@@H](CC[C@@H]4C[C@](C)(O)CC[C@@H]43)[C@H]12.C[C@@H]1C[C@H](C(=O)Cn2ccnn2)[C@@]2(C)CC[C@H]3[C@@H](CC[C@@H]4C[C@](C)(O)CC[C@@H]43)[C@H]12.C[C@@H]1C[C@H](C(=O)Cn2nccn2)[C@@]2(C)CC[C@H]3[C@@H](CC[C@@H]4C[C@](C)(O)CC[C@@H]43)[C@H]12.Cc1nnn(CC(=O)[C@H]2C[C@@H](C)[C@H]3[C@@H]4CC[C@@H]5C[C@](C)(O)CC[C@@H]5[C@H]4CC[C@@]32C)n1. The number of aryl methyl sites for hydroxylation is 1. The van der Waals surface area contributed by atoms with Crippen molar-refractivity contribution in [3.05, 3.63) is 48.6 Å². The monoisotopic (exact) mass is 1640 g/mol. The minimum atomic E-state index is -0.465. The molecule has 0 aromatic carbocycles. The molecule has 20 rings (SSSR count). The smallest absolute Gasteiger partial charge is 0.171 e. The molecule has 4 aromatic heterocycles. The number of ketones is 4. The summed E-state index contributed by atoms with van der Waals surface area (Å²) in [4.78, 5) is 56.3. The minimum Gasteiger partial charge on any atom is -0.390 e. The Balaban J connectivity index is 0.000000113. The van der Waals surface area contributed by atoms with Crippen LogP contribution in [0.25, 0.3) is 0 Å². The second-order valence-electron chi connectivity index (χ2n) is 46.5. The van der Waals surface area contributed by atoms with Crippen molar-refractivity contribution >= 4 is 23.1 Å². The van der Waals surface area contributed by atoms with E-state index in [-0.39, 0.29) is 58.4 Å². The molecule has 0 spiro atoms. The molecule has 4 aromatic rings. The van der Waals surface area contributed by atoms with Crippen molar-refractivity contribution in [3.63, 3.8) is 0 Å². The molecular weight excluding hydrogens is 1490 g/mol. The van der Waals surface area contributed by atoms with E-state index in [4.69, 9.17) is 5.26 Å². The van der Waals surface area contributed by atoms with Crippen LogP contribution in [0, 0.1) is 206 Å². The summed E-state index contributed by atoms with van der Waals surface area (Å²) >= 11 is 0. The summed E-state index contributed by atoms with van der Waals surface area (Å²) in [7, 11) is 0. The van der Waals surface area contributed by atoms with Gasteiger partial charge in [-0.15, -0.1) is 15.3 Å². The molecule has 16 aliphatic rings. The van der Waals surface area contributed by atoms with E-state index in [1.165, 1.54) is 127 Å². The van der Waals surface area contributed by atoms with Gasteiger partial charge in [0.25, 0.3) is 0 Å². The van der Waals surface area contributed by atoms with Crippen LogP contribution in [-0.4, -0.2) is 126 Å². The van der Waals surface area contributed by atoms with E-state index in [1.54, 1.807) is 51.2 Å². The zero-order chi connectivity index (χ0) is 84.0. The Kier molecular flexibility index (Phi) is 23.4. The maximum atomic E-state index is 13.4. The molecule has 0 amide bonds. The van der Waals surface area contributed by atoms with Crippen LogP contribution in [0.1, 0.15) is 300 Å². The lowest BCUT2D eigenvalue weighted by atomic mass is 9.48. The predicted octanol–water partition coefficient (Wildman–Crippen LogP) is 16.6. The number of nitriles is 1. The van der Waals surface area contributed by atoms with E-state index in [0.29, 0.717) is 119 Å². The average molecular weight is 1640 g/mol. The van der Waals surface area contributed by atoms with E-state index in [1.807, 2.05) is 40.7 Å². The lowest BCUT2D eigenvalue weighted by Crippen LogP contribution is -2.51. The molecule has 21 nitrogen and oxygen atoms in total. The lowest BCUT2D eigenvalue weighted by Gasteiger charge is -2.57. The molecule has 0 saturated heterocycles. The Hall–Kier alpha value is -5.43. The highest BCUT2D eigenvalue weighted by atomic mass is 16.3. The van der Waals surface area contributed by atoms with Crippen LogP contribution in [0.2, 0.25) is 0 Å². The standard InChI is InChI=1S/C26H37N3O2.C24H38N4O2.2C24H37N3O2/c1-16-12-22(23(30)15-29-11-8-18(14-27)28-29)26(3)10-7-20-19-6-9-25(2,31)13-17(19)4-5-21(20)24(16)26;1-14-11-20(21(29)13-28-26-15(2)25-27-28)24(4)10-8-18-17-7-9-23(3,30)12-16(17)5-6-19(18)22(14)24;1-15-12-20(21(28)14-27-11-10-25-26-27)24(3)9-7-18-17-6-8-23(2,29)13-16(17)4-5-19(18)22(15)24;1-15-12-20(21(28)14-27-25-10-11-26-27)24(3)9-7-18-17-6-8-23(2,29)13-16(17)4-5-19(18)22(15)24/h8,11,16-17,19-22,24,31H,4-7,9-10,12-13,15H2,1-3H3;14,16-20,22,30H,5-13H2,1-4H3;2*10-11,15-20,22,29H,4-9,12-14H2,1-3H3/t16-,17-,19+,20-,21-,22-,24+,25-,26-;14-,16-,17+,18-,19-,20-,22+,23-,24-;2*15-,16-,17+,18-,19-,20-,22+,23-,24-/m1111/s1. The highest BCUT2D eigenvalue weighted by Crippen LogP contribution is 2.72. The van der Waals surface area contributed by atoms with Gasteiger partial charge in [0.05, 0.1) is 47.5 Å². The number of hydrogen-bond acceptors (Lipinski definition) is 17. The molecule has 16 aliphatic carbocycles. The third kappa shape index (κ3) is 16.1. The molecule has 0 unspecified atom stereocenters. The van der Waals surface area contributed by atoms with Crippen LogP contribution >= 0.6 is 0 Å². The van der Waals surface area contributed by atoms with Gasteiger partial charge in [-0.05, 0) is 415 Å². The van der Waals surface area contributed by atoms with Gasteiger partial charge in [0.2, 0.25) is 0 Å². The highest BCUT2D eigenvalue weighted by molar-refractivity contribution is 5.84. The van der Waals surface area contributed by atoms with E-state index in [2.05, 4.69) is 96.4 Å². The molecule has 0 aliphatic heterocycles. The lowest BCUT2D eigenvalue weighted by molar-refractivity contribution is -0.134. The third-order valence-corrected chi connectivity index (χ3v) is 39.2. The molecule has 4 N–H and O–H groups in total. The molecule has 21 heteroatoms. The van der Waals surface area contributed by atoms with Crippen molar-refractivity contribution in [2.75, 3.05) is 0 Å². The highest BCUT2D eigenvalue weighted by Gasteiger charge is 2.67. The van der Waals surface area contributed by atoms with Gasteiger partial charge in [0.15, 0.2) is 34.7 Å². The van der Waals surface area contributed by atoms with Crippen LogP contribution in [0.3, 0.4) is 0 Å². The van der Waals surface area contributed by atoms with Crippen molar-refractivity contribution in [2.45, 2.75) is 344 Å². The molecule has 119 heavy (non-hydrogen) atoms. The number of Topliss-reactive ketones (excluding diaryl/α,β-unsaturated/α-hetero) is 4. The predicted molar refractivity (Wildman–Crippen MR) is 453 cm³/mol. The van der Waals surface area contributed by atoms with Gasteiger partial charge in [-0.2, -0.15) is 30.2 Å². The Labute approximate surface area is 710 Å². The minimum absolute atomic E-state index is 0.0931. The Morgan fingerprint density at radius 1 is 0.387 bits per heavy atom. The van der Waals surface area contributed by atoms with E-state index < -0.39 is 22.4 Å². The largest absolute Gasteiger partial charge is 0.390 e. The number of carbonyl (C=O) groups excluding carboxylic acids is 4. The summed E-state index contributed by atoms with van der Waals surface area (Å²) in [5, 5.41) is 84.1. The van der Waals surface area contributed by atoms with Gasteiger partial charge in [-0.1, -0.05) is 60.6 Å². The molecule has 0 bridgehead atoms. The zero-order valence-electron chi connectivity index (χ0n) is 74.8. The van der Waals surface area contributed by atoms with E-state index in [9.17, 15) is 39.6 Å². The normalized spacial score (nSPS) is 48.2. The van der Waals surface area contributed by atoms with Gasteiger partial charge in [-0.25, -0.2) is 4.68 Å². The Morgan fingerprint density at radius 2 is 0.706 bits per heavy atom. The second kappa shape index (κ2) is 32.5. The maximum Gasteiger partial charge on any atom is 0.171 e. The van der Waals surface area contributed by atoms with Gasteiger partial charge in [-0.3, -0.25) is 23.9 Å². The van der Waals surface area contributed by atoms with Crippen LogP contribution in [-0.2, 0) is 45.4 Å². The van der Waals surface area contributed by atoms with Crippen LogP contribution < -0.4 is 0 Å². The summed E-state index contributed by atoms with van der Waals surface area (Å²) in [6.07, 6.45) is 45.2. The molecule has 0 radical (unpaired) electrons. The molecule has 36 atom stereocenters. The number of carbonyl (C=O) groups is 4. The van der Waals surface area contributed by atoms with E-state index in [0.717, 1.165) is 154 Å². The number of tetrazole rings is 1. The maximum absolute atomic E-state index is 13.4. The zero-order valence-corrected chi connectivity index (χ0v) is 74.8. The average Bonchev–Trinajstić information content (AvgIpc) is 1.66. The summed E-state index contributed by atoms with van der Waals surface area (Å²) < 4.78 is 3.33. The molecule has 654 valence electrons. The van der Waals surface area contributed by atoms with Crippen molar-refractivity contribution in [1.82, 2.24) is 60.0 Å². The van der Waals surface area contributed by atoms with Gasteiger partial charge in [0, 0.05) is 36.1 Å². The number of fused-ring (bicyclic) bond motifs is 20. The van der Waals surface area contributed by atoms with E-state index >= 15 is 0 Å². The fourth-order valence-corrected chi connectivity index (χ4v) is 35.1. The number of hydrogen-bond donors (Lipinski definition) is 4. The Morgan fingerprint density at radius 3 is 1.01 bits per heavy atom. The first-order chi connectivity index (χ1) is 56.5. The summed E-state index contributed by atoms with van der Waals surface area (Å²) in [6.45, 7) is 30.5. The second-order valence-corrected chi connectivity index (χ2v) is 46.5. The van der Waals surface area contributed by atoms with Crippen molar-refractivity contribution in [2.24, 2.45) is 187 Å². The number of nitrogens with zero attached hydrogens (tertiary/aromatic N) is 13. The Bertz CT molecular complexity index is 4180. The third-order valence-electron chi connectivity index (χ3n) is 39.2. The van der Waals surface area contributed by atoms with Crippen LogP contribution in [0.5, 0.6) is 0 Å². The number of aliphatic hydroxyl groups is 4. The fourth-order valence-electron chi connectivity index (χ4n) is 35.1. The van der Waals surface area contributed by atoms with Gasteiger partial charge in [0.1, 0.15) is 25.7 Å². The molecular formula is C98H149N13O8. The van der Waals surface area contributed by atoms with Gasteiger partial charge >= 0.3 is 0 Å².